The first kappa shape index (κ1) is 22.6. The Balaban J connectivity index is 1.69. The minimum atomic E-state index is -0.489. The van der Waals surface area contributed by atoms with Gasteiger partial charge in [-0.2, -0.15) is 0 Å². The smallest absolute Gasteiger partial charge is 0.410 e. The number of carbonyl (C=O) groups excluding carboxylic acids is 2. The van der Waals surface area contributed by atoms with Gasteiger partial charge in [0.1, 0.15) is 5.60 Å². The molecule has 29 heavy (non-hydrogen) atoms. The Morgan fingerprint density at radius 1 is 1.31 bits per heavy atom. The lowest BCUT2D eigenvalue weighted by atomic mass is 10.1. The lowest BCUT2D eigenvalue weighted by Gasteiger charge is -2.40. The van der Waals surface area contributed by atoms with E-state index in [-0.39, 0.29) is 18.0 Å². The molecule has 0 atom stereocenters. The fourth-order valence-electron chi connectivity index (χ4n) is 2.72. The molecule has 162 valence electrons. The maximum Gasteiger partial charge on any atom is 0.410 e. The van der Waals surface area contributed by atoms with Gasteiger partial charge in [-0.3, -0.25) is 9.79 Å². The molecule has 0 aliphatic carbocycles. The van der Waals surface area contributed by atoms with Crippen LogP contribution in [0.25, 0.3) is 0 Å². The summed E-state index contributed by atoms with van der Waals surface area (Å²) in [6, 6.07) is 1.90. The van der Waals surface area contributed by atoms with Gasteiger partial charge in [-0.25, -0.2) is 4.79 Å². The number of furan rings is 1. The Hall–Kier alpha value is -2.71. The molecule has 1 aromatic rings. The summed E-state index contributed by atoms with van der Waals surface area (Å²) in [6.07, 6.45) is 1.92. The van der Waals surface area contributed by atoms with Gasteiger partial charge in [-0.05, 0) is 47.1 Å². The van der Waals surface area contributed by atoms with Crippen LogP contribution in [0, 0.1) is 6.92 Å². The number of aryl methyl sites for hydroxylation is 1. The van der Waals surface area contributed by atoms with Crippen LogP contribution in [-0.4, -0.2) is 67.2 Å². The molecular weight excluding hydrogens is 374 g/mol. The van der Waals surface area contributed by atoms with Crippen LogP contribution in [-0.2, 0) is 4.74 Å². The van der Waals surface area contributed by atoms with E-state index in [1.807, 2.05) is 34.6 Å². The van der Waals surface area contributed by atoms with Crippen molar-refractivity contribution in [1.82, 2.24) is 20.9 Å². The molecule has 3 N–H and O–H groups in total. The van der Waals surface area contributed by atoms with E-state index in [4.69, 9.17) is 9.15 Å². The number of guanidine groups is 1. The van der Waals surface area contributed by atoms with E-state index in [0.717, 1.165) is 12.1 Å². The largest absolute Gasteiger partial charge is 0.459 e. The number of aliphatic imine (C=N–C) groups is 1. The zero-order valence-corrected chi connectivity index (χ0v) is 18.0. The number of carbonyl (C=O) groups is 2. The second-order valence-corrected chi connectivity index (χ2v) is 8.03. The van der Waals surface area contributed by atoms with Crippen molar-refractivity contribution in [3.63, 3.8) is 0 Å². The molecule has 2 rings (SSSR count). The van der Waals surface area contributed by atoms with Crippen LogP contribution < -0.4 is 16.0 Å². The van der Waals surface area contributed by atoms with Gasteiger partial charge in [-0.15, -0.1) is 0 Å². The van der Waals surface area contributed by atoms with E-state index in [1.165, 1.54) is 6.26 Å². The minimum Gasteiger partial charge on any atom is -0.459 e. The Bertz CT molecular complexity index is 717. The van der Waals surface area contributed by atoms with Gasteiger partial charge in [0.15, 0.2) is 11.7 Å². The third-order valence-electron chi connectivity index (χ3n) is 4.18. The van der Waals surface area contributed by atoms with Crippen LogP contribution in [0.5, 0.6) is 0 Å². The molecule has 0 spiro atoms. The van der Waals surface area contributed by atoms with Gasteiger partial charge in [0.2, 0.25) is 0 Å². The standard InChI is InChI=1S/C20H33N5O4/c1-6-21-18(24-15-12-25(13-15)19(27)29-20(3,4)5)23-10-7-9-22-17(26)16-14(2)8-11-28-16/h8,11,15H,6-7,9-10,12-13H2,1-5H3,(H,22,26)(H2,21,23,24). The third kappa shape index (κ3) is 7.32. The van der Waals surface area contributed by atoms with Crippen LogP contribution in [0.4, 0.5) is 4.79 Å². The quantitative estimate of drug-likeness (QED) is 0.362. The zero-order valence-electron chi connectivity index (χ0n) is 18.0. The van der Waals surface area contributed by atoms with Crippen molar-refractivity contribution in [2.45, 2.75) is 52.7 Å². The molecule has 2 heterocycles. The fourth-order valence-corrected chi connectivity index (χ4v) is 2.72. The Morgan fingerprint density at radius 3 is 2.62 bits per heavy atom. The molecule has 0 bridgehead atoms. The average Bonchev–Trinajstić information content (AvgIpc) is 3.01. The lowest BCUT2D eigenvalue weighted by molar-refractivity contribution is 0.00700. The summed E-state index contributed by atoms with van der Waals surface area (Å²) in [4.78, 5) is 30.2. The number of ether oxygens (including phenoxy) is 1. The Morgan fingerprint density at radius 2 is 2.03 bits per heavy atom. The number of likely N-dealkylation sites (tertiary alicyclic amines) is 1. The molecule has 0 aromatic carbocycles. The molecule has 2 amide bonds. The molecule has 0 radical (unpaired) electrons. The molecule has 0 saturated carbocycles. The number of nitrogens with zero attached hydrogens (tertiary/aromatic N) is 2. The monoisotopic (exact) mass is 407 g/mol. The summed E-state index contributed by atoms with van der Waals surface area (Å²) in [7, 11) is 0. The summed E-state index contributed by atoms with van der Waals surface area (Å²) < 4.78 is 10.5. The van der Waals surface area contributed by atoms with Crippen LogP contribution in [0.1, 0.15) is 50.2 Å². The van der Waals surface area contributed by atoms with Crippen molar-refractivity contribution in [2.75, 3.05) is 32.7 Å². The highest BCUT2D eigenvalue weighted by Gasteiger charge is 2.34. The predicted octanol–water partition coefficient (Wildman–Crippen LogP) is 1.88. The summed E-state index contributed by atoms with van der Waals surface area (Å²) in [6.45, 7) is 12.4. The molecule has 1 aliphatic rings. The van der Waals surface area contributed by atoms with Crippen molar-refractivity contribution in [3.05, 3.63) is 23.7 Å². The number of amides is 2. The number of hydrogen-bond donors (Lipinski definition) is 3. The molecule has 1 fully saturated rings. The highest BCUT2D eigenvalue weighted by atomic mass is 16.6. The fraction of sp³-hybridized carbons (Fsp3) is 0.650. The van der Waals surface area contributed by atoms with E-state index < -0.39 is 5.60 Å². The van der Waals surface area contributed by atoms with Crippen LogP contribution in [0.3, 0.4) is 0 Å². The molecule has 1 saturated heterocycles. The van der Waals surface area contributed by atoms with E-state index in [2.05, 4.69) is 20.9 Å². The predicted molar refractivity (Wildman–Crippen MR) is 111 cm³/mol. The molecule has 0 unspecified atom stereocenters. The van der Waals surface area contributed by atoms with Crippen LogP contribution in [0.2, 0.25) is 0 Å². The molecule has 1 aromatic heterocycles. The van der Waals surface area contributed by atoms with Gasteiger partial charge >= 0.3 is 6.09 Å². The SMILES string of the molecule is CCNC(=NCCCNC(=O)c1occc1C)NC1CN(C(=O)OC(C)(C)C)C1. The van der Waals surface area contributed by atoms with E-state index >= 15 is 0 Å². The number of rotatable bonds is 7. The highest BCUT2D eigenvalue weighted by Crippen LogP contribution is 2.15. The topological polar surface area (TPSA) is 108 Å². The molecular formula is C20H33N5O4. The van der Waals surface area contributed by atoms with Crippen molar-refractivity contribution in [3.8, 4) is 0 Å². The van der Waals surface area contributed by atoms with Gasteiger partial charge in [0.05, 0.1) is 12.3 Å². The Kier molecular flexibility index (Phi) is 7.92. The maximum atomic E-state index is 12.0. The first-order valence-corrected chi connectivity index (χ1v) is 10.0. The van der Waals surface area contributed by atoms with Crippen LogP contribution >= 0.6 is 0 Å². The van der Waals surface area contributed by atoms with E-state index in [9.17, 15) is 9.59 Å². The molecule has 9 heteroatoms. The maximum absolute atomic E-state index is 12.0. The Labute approximate surface area is 172 Å². The van der Waals surface area contributed by atoms with Crippen molar-refractivity contribution < 1.29 is 18.7 Å². The van der Waals surface area contributed by atoms with Gasteiger partial charge in [0.25, 0.3) is 5.91 Å². The van der Waals surface area contributed by atoms with Gasteiger partial charge in [-0.1, -0.05) is 0 Å². The van der Waals surface area contributed by atoms with Gasteiger partial charge in [0, 0.05) is 38.3 Å². The van der Waals surface area contributed by atoms with E-state index in [1.54, 1.807) is 11.0 Å². The first-order chi connectivity index (χ1) is 13.7. The van der Waals surface area contributed by atoms with E-state index in [0.29, 0.717) is 44.3 Å². The van der Waals surface area contributed by atoms with Crippen molar-refractivity contribution in [2.24, 2.45) is 4.99 Å². The second kappa shape index (κ2) is 10.2. The lowest BCUT2D eigenvalue weighted by Crippen LogP contribution is -2.63. The third-order valence-corrected chi connectivity index (χ3v) is 4.18. The summed E-state index contributed by atoms with van der Waals surface area (Å²) in [5.41, 5.74) is 0.330. The molecule has 1 aliphatic heterocycles. The highest BCUT2D eigenvalue weighted by molar-refractivity contribution is 5.92. The summed E-state index contributed by atoms with van der Waals surface area (Å²) in [5.74, 6) is 0.843. The number of nitrogens with one attached hydrogen (secondary N) is 3. The average molecular weight is 408 g/mol. The van der Waals surface area contributed by atoms with Crippen LogP contribution in [0.15, 0.2) is 21.7 Å². The second-order valence-electron chi connectivity index (χ2n) is 8.03. The number of hydrogen-bond acceptors (Lipinski definition) is 5. The van der Waals surface area contributed by atoms with Crippen molar-refractivity contribution >= 4 is 18.0 Å². The normalized spacial score (nSPS) is 14.9. The zero-order chi connectivity index (χ0) is 21.4. The van der Waals surface area contributed by atoms with Crippen molar-refractivity contribution in [1.29, 1.82) is 0 Å². The summed E-state index contributed by atoms with van der Waals surface area (Å²) in [5, 5.41) is 9.34. The van der Waals surface area contributed by atoms with Gasteiger partial charge < -0.3 is 30.0 Å². The molecule has 9 nitrogen and oxygen atoms in total. The first-order valence-electron chi connectivity index (χ1n) is 10.0. The minimum absolute atomic E-state index is 0.141. The summed E-state index contributed by atoms with van der Waals surface area (Å²) >= 11 is 0.